The molecule has 20 heavy (non-hydrogen) atoms. The van der Waals surface area contributed by atoms with Crippen molar-refractivity contribution in [2.75, 3.05) is 25.1 Å². The number of hydrogen-bond donors (Lipinski definition) is 1. The van der Waals surface area contributed by atoms with E-state index in [1.54, 1.807) is 7.05 Å². The van der Waals surface area contributed by atoms with Crippen molar-refractivity contribution < 1.29 is 13.2 Å². The van der Waals surface area contributed by atoms with Crippen molar-refractivity contribution in [3.63, 3.8) is 0 Å². The normalized spacial score (nSPS) is 40.6. The summed E-state index contributed by atoms with van der Waals surface area (Å²) in [6.45, 7) is 0.382. The predicted molar refractivity (Wildman–Crippen MR) is 77.1 cm³/mol. The van der Waals surface area contributed by atoms with Crippen LogP contribution in [0.25, 0.3) is 0 Å². The van der Waals surface area contributed by atoms with Crippen LogP contribution in [-0.4, -0.2) is 56.4 Å². The van der Waals surface area contributed by atoms with Gasteiger partial charge in [0.2, 0.25) is 5.91 Å². The van der Waals surface area contributed by atoms with Crippen LogP contribution >= 0.6 is 0 Å². The van der Waals surface area contributed by atoms with Gasteiger partial charge in [0.25, 0.3) is 0 Å². The van der Waals surface area contributed by atoms with E-state index < -0.39 is 15.9 Å². The number of likely N-dealkylation sites (N-methyl/N-ethyl adjacent to an activating group) is 1. The number of nitrogens with zero attached hydrogens (tertiary/aromatic N) is 1. The molecule has 4 unspecified atom stereocenters. The molecule has 2 saturated carbocycles. The lowest BCUT2D eigenvalue weighted by atomic mass is 9.88. The Bertz CT molecular complexity index is 491. The molecule has 0 aromatic heterocycles. The number of hydrogen-bond acceptors (Lipinski definition) is 4. The molecule has 0 aromatic rings. The highest BCUT2D eigenvalue weighted by Crippen LogP contribution is 2.44. The maximum atomic E-state index is 12.6. The van der Waals surface area contributed by atoms with Crippen LogP contribution in [0.4, 0.5) is 0 Å². The third kappa shape index (κ3) is 2.60. The van der Waals surface area contributed by atoms with Crippen molar-refractivity contribution in [3.8, 4) is 0 Å². The van der Waals surface area contributed by atoms with Crippen molar-refractivity contribution in [1.29, 1.82) is 0 Å². The van der Waals surface area contributed by atoms with Crippen LogP contribution in [0.2, 0.25) is 0 Å². The average Bonchev–Trinajstić information content (AvgIpc) is 2.63. The van der Waals surface area contributed by atoms with Gasteiger partial charge in [0.15, 0.2) is 9.84 Å². The largest absolute Gasteiger partial charge is 0.337 e. The molecule has 0 radical (unpaired) electrons. The summed E-state index contributed by atoms with van der Waals surface area (Å²) in [5.74, 6) is 1.39. The first-order valence-corrected chi connectivity index (χ1v) is 9.50. The lowest BCUT2D eigenvalue weighted by molar-refractivity contribution is -0.135. The molecule has 114 valence electrons. The van der Waals surface area contributed by atoms with Crippen LogP contribution in [0.3, 0.4) is 0 Å². The van der Waals surface area contributed by atoms with Gasteiger partial charge in [0, 0.05) is 12.6 Å². The van der Waals surface area contributed by atoms with Gasteiger partial charge in [-0.15, -0.1) is 0 Å². The first kappa shape index (κ1) is 14.3. The lowest BCUT2D eigenvalue weighted by Gasteiger charge is -2.33. The summed E-state index contributed by atoms with van der Waals surface area (Å²) < 4.78 is 23.9. The third-order valence-corrected chi connectivity index (χ3v) is 6.98. The fourth-order valence-corrected chi connectivity index (χ4v) is 5.76. The van der Waals surface area contributed by atoms with Crippen LogP contribution in [0.15, 0.2) is 0 Å². The summed E-state index contributed by atoms with van der Waals surface area (Å²) in [5, 5.41) is 2.89. The van der Waals surface area contributed by atoms with Crippen molar-refractivity contribution in [3.05, 3.63) is 0 Å². The molecule has 2 bridgehead atoms. The fourth-order valence-electron chi connectivity index (χ4n) is 4.30. The van der Waals surface area contributed by atoms with Gasteiger partial charge in [0.05, 0.1) is 11.5 Å². The van der Waals surface area contributed by atoms with Gasteiger partial charge in [-0.3, -0.25) is 4.79 Å². The predicted octanol–water partition coefficient (Wildman–Crippen LogP) is 0.410. The minimum Gasteiger partial charge on any atom is -0.337 e. The molecule has 2 aliphatic carbocycles. The summed E-state index contributed by atoms with van der Waals surface area (Å²) >= 11 is 0. The Kier molecular flexibility index (Phi) is 3.79. The van der Waals surface area contributed by atoms with Crippen LogP contribution in [0, 0.1) is 11.8 Å². The summed E-state index contributed by atoms with van der Waals surface area (Å²) in [6.07, 6.45) is 6.05. The number of amides is 1. The molecule has 5 nitrogen and oxygen atoms in total. The topological polar surface area (TPSA) is 66.5 Å². The van der Waals surface area contributed by atoms with Crippen LogP contribution in [-0.2, 0) is 14.6 Å². The Morgan fingerprint density at radius 3 is 2.75 bits per heavy atom. The second-order valence-corrected chi connectivity index (χ2v) is 8.81. The molecular weight excluding hydrogens is 276 g/mol. The highest BCUT2D eigenvalue weighted by Gasteiger charge is 2.44. The Balaban J connectivity index is 1.83. The molecule has 1 saturated heterocycles. The average molecular weight is 300 g/mol. The summed E-state index contributed by atoms with van der Waals surface area (Å²) in [6, 6.07) is -0.290. The van der Waals surface area contributed by atoms with E-state index in [0.717, 1.165) is 12.3 Å². The van der Waals surface area contributed by atoms with Gasteiger partial charge in [0.1, 0.15) is 6.04 Å². The van der Waals surface area contributed by atoms with E-state index in [1.807, 2.05) is 4.90 Å². The van der Waals surface area contributed by atoms with E-state index >= 15 is 0 Å². The Labute approximate surface area is 121 Å². The first-order chi connectivity index (χ1) is 9.50. The van der Waals surface area contributed by atoms with E-state index in [9.17, 15) is 13.2 Å². The molecule has 3 rings (SSSR count). The number of rotatable bonds is 2. The standard InChI is InChI=1S/C14H24N2O3S/c1-15-12-9-20(18,19)6-5-16(14(12)17)13-8-10-3-2-4-11(13)7-10/h10-13,15H,2-9H2,1H3. The number of fused-ring (bicyclic) bond motifs is 2. The number of nitrogens with one attached hydrogen (secondary N) is 1. The Morgan fingerprint density at radius 2 is 2.05 bits per heavy atom. The van der Waals surface area contributed by atoms with E-state index in [2.05, 4.69) is 5.32 Å². The molecule has 6 heteroatoms. The third-order valence-electron chi connectivity index (χ3n) is 5.34. The van der Waals surface area contributed by atoms with E-state index in [1.165, 1.54) is 25.7 Å². The highest BCUT2D eigenvalue weighted by molar-refractivity contribution is 7.91. The van der Waals surface area contributed by atoms with Crippen LogP contribution in [0.5, 0.6) is 0 Å². The fraction of sp³-hybridized carbons (Fsp3) is 0.929. The first-order valence-electron chi connectivity index (χ1n) is 7.68. The molecule has 1 amide bonds. The second kappa shape index (κ2) is 5.30. The summed E-state index contributed by atoms with van der Waals surface area (Å²) in [7, 11) is -1.45. The Hall–Kier alpha value is -0.620. The zero-order chi connectivity index (χ0) is 14.3. The van der Waals surface area contributed by atoms with Gasteiger partial charge in [-0.05, 0) is 38.1 Å². The Morgan fingerprint density at radius 1 is 1.25 bits per heavy atom. The van der Waals surface area contributed by atoms with Gasteiger partial charge < -0.3 is 10.2 Å². The van der Waals surface area contributed by atoms with Gasteiger partial charge in [-0.25, -0.2) is 8.42 Å². The number of carbonyl (C=O) groups excluding carboxylic acids is 1. The highest BCUT2D eigenvalue weighted by atomic mass is 32.2. The van der Waals surface area contributed by atoms with E-state index in [4.69, 9.17) is 0 Å². The van der Waals surface area contributed by atoms with Crippen molar-refractivity contribution in [2.45, 2.75) is 44.2 Å². The molecule has 3 aliphatic rings. The smallest absolute Gasteiger partial charge is 0.241 e. The van der Waals surface area contributed by atoms with Crippen molar-refractivity contribution >= 4 is 15.7 Å². The lowest BCUT2D eigenvalue weighted by Crippen LogP contribution is -2.51. The van der Waals surface area contributed by atoms with E-state index in [-0.39, 0.29) is 23.5 Å². The molecule has 1 heterocycles. The summed E-state index contributed by atoms with van der Waals surface area (Å²) in [5.41, 5.74) is 0. The minimum absolute atomic E-state index is 0.00822. The minimum atomic E-state index is -3.12. The zero-order valence-corrected chi connectivity index (χ0v) is 12.9. The molecule has 0 spiro atoms. The van der Waals surface area contributed by atoms with E-state index in [0.29, 0.717) is 12.5 Å². The molecule has 4 atom stereocenters. The van der Waals surface area contributed by atoms with Crippen LogP contribution in [0.1, 0.15) is 32.1 Å². The number of sulfone groups is 1. The molecular formula is C14H24N2O3S. The van der Waals surface area contributed by atoms with Gasteiger partial charge >= 0.3 is 0 Å². The number of carbonyl (C=O) groups is 1. The van der Waals surface area contributed by atoms with Crippen molar-refractivity contribution in [1.82, 2.24) is 10.2 Å². The van der Waals surface area contributed by atoms with Crippen molar-refractivity contribution in [2.24, 2.45) is 11.8 Å². The van der Waals surface area contributed by atoms with Gasteiger partial charge in [-0.1, -0.05) is 12.8 Å². The maximum Gasteiger partial charge on any atom is 0.241 e. The zero-order valence-electron chi connectivity index (χ0n) is 12.0. The molecule has 1 N–H and O–H groups in total. The monoisotopic (exact) mass is 300 g/mol. The molecule has 3 fully saturated rings. The van der Waals surface area contributed by atoms with Crippen LogP contribution < -0.4 is 5.32 Å². The van der Waals surface area contributed by atoms with Gasteiger partial charge in [-0.2, -0.15) is 0 Å². The second-order valence-electron chi connectivity index (χ2n) is 6.58. The molecule has 1 aliphatic heterocycles. The maximum absolute atomic E-state index is 12.6. The SMILES string of the molecule is CNC1CS(=O)(=O)CCN(C2CC3CCCC2C3)C1=O. The summed E-state index contributed by atoms with van der Waals surface area (Å²) in [4.78, 5) is 14.5. The quantitative estimate of drug-likeness (QED) is 0.802. The molecule has 0 aromatic carbocycles.